The van der Waals surface area contributed by atoms with Gasteiger partial charge in [-0.2, -0.15) is 0 Å². The number of methoxy groups -OCH3 is 1. The molecule has 236 valence electrons. The molecule has 8 heteroatoms. The van der Waals surface area contributed by atoms with Crippen molar-refractivity contribution in [2.75, 3.05) is 17.3 Å². The second-order valence-electron chi connectivity index (χ2n) is 10.5. The molecule has 0 aliphatic rings. The van der Waals surface area contributed by atoms with Crippen LogP contribution >= 0.6 is 11.8 Å². The Balaban J connectivity index is 1.37. The molecule has 0 radical (unpaired) electrons. The van der Waals surface area contributed by atoms with Gasteiger partial charge in [-0.1, -0.05) is 79.7 Å². The van der Waals surface area contributed by atoms with Crippen LogP contribution in [-0.4, -0.2) is 30.1 Å². The Morgan fingerprint density at radius 3 is 2.00 bits per heavy atom. The van der Waals surface area contributed by atoms with E-state index in [2.05, 4.69) is 10.6 Å². The average Bonchev–Trinajstić information content (AvgIpc) is 3.12. The summed E-state index contributed by atoms with van der Waals surface area (Å²) >= 11 is 1.44. The fraction of sp³-hybridized carbons (Fsp3) is 0.103. The lowest BCUT2D eigenvalue weighted by molar-refractivity contribution is -0.117. The van der Waals surface area contributed by atoms with Gasteiger partial charge in [-0.3, -0.25) is 19.3 Å². The van der Waals surface area contributed by atoms with E-state index in [9.17, 15) is 14.4 Å². The number of hydrogen-bond donors (Lipinski definition) is 2. The first-order chi connectivity index (χ1) is 22.9. The summed E-state index contributed by atoms with van der Waals surface area (Å²) in [6.45, 7) is 1.99. The predicted molar refractivity (Wildman–Crippen MR) is 190 cm³/mol. The van der Waals surface area contributed by atoms with Crippen molar-refractivity contribution >= 4 is 52.6 Å². The number of nitrogens with zero attached hydrogens (tertiary/aromatic N) is 1. The van der Waals surface area contributed by atoms with Crippen molar-refractivity contribution in [2.45, 2.75) is 23.5 Å². The van der Waals surface area contributed by atoms with Gasteiger partial charge in [-0.15, -0.1) is 11.8 Å². The smallest absolute Gasteiger partial charge is 0.272 e. The fourth-order valence-electron chi connectivity index (χ4n) is 4.86. The molecule has 2 N–H and O–H groups in total. The minimum atomic E-state index is -0.498. The van der Waals surface area contributed by atoms with Crippen molar-refractivity contribution in [2.24, 2.45) is 0 Å². The van der Waals surface area contributed by atoms with E-state index in [1.165, 1.54) is 11.8 Å². The molecule has 0 fully saturated rings. The van der Waals surface area contributed by atoms with Gasteiger partial charge in [0.25, 0.3) is 11.8 Å². The van der Waals surface area contributed by atoms with E-state index in [4.69, 9.17) is 4.74 Å². The van der Waals surface area contributed by atoms with E-state index in [1.807, 2.05) is 104 Å². The van der Waals surface area contributed by atoms with Gasteiger partial charge >= 0.3 is 0 Å². The molecule has 0 saturated heterocycles. The summed E-state index contributed by atoms with van der Waals surface area (Å²) in [5, 5.41) is 5.30. The zero-order valence-corrected chi connectivity index (χ0v) is 26.9. The number of carbonyl (C=O) groups excluding carboxylic acids is 3. The van der Waals surface area contributed by atoms with Crippen LogP contribution in [0.1, 0.15) is 29.3 Å². The predicted octanol–water partition coefficient (Wildman–Crippen LogP) is 8.34. The van der Waals surface area contributed by atoms with Gasteiger partial charge in [0.1, 0.15) is 11.4 Å². The monoisotopic (exact) mass is 641 g/mol. The number of anilines is 3. The van der Waals surface area contributed by atoms with Crippen LogP contribution in [0.2, 0.25) is 0 Å². The van der Waals surface area contributed by atoms with Crippen LogP contribution in [0.5, 0.6) is 5.75 Å². The Morgan fingerprint density at radius 2 is 1.38 bits per heavy atom. The van der Waals surface area contributed by atoms with Gasteiger partial charge in [0.15, 0.2) is 0 Å². The molecule has 5 aromatic rings. The Hall–Kier alpha value is -5.60. The SMILES string of the molecule is CCC(Sc1cccc(NC(=O)/C(=C\c2cccc(OC)c2)NC(=O)c2ccccc2)c1)C(=O)N(c1ccccc1)c1ccccc1. The highest BCUT2D eigenvalue weighted by molar-refractivity contribution is 8.00. The molecule has 0 spiro atoms. The first-order valence-corrected chi connectivity index (χ1v) is 16.1. The molecule has 0 saturated carbocycles. The standard InChI is InChI=1S/C39H35N3O4S/c1-3-36(39(45)42(31-19-9-5-10-20-31)32-21-11-6-12-22-32)47-34-24-14-18-30(27-34)40-38(44)35(26-28-15-13-23-33(25-28)46-2)41-37(43)29-16-7-4-8-17-29/h4-27,36H,3H2,1-2H3,(H,40,44)(H,41,43)/b35-26+. The van der Waals surface area contributed by atoms with Crippen LogP contribution < -0.4 is 20.3 Å². The number of carbonyl (C=O) groups is 3. The van der Waals surface area contributed by atoms with Crippen LogP contribution in [-0.2, 0) is 9.59 Å². The highest BCUT2D eigenvalue weighted by Crippen LogP contribution is 2.33. The lowest BCUT2D eigenvalue weighted by atomic mass is 10.1. The number of benzene rings is 5. The number of ether oxygens (including phenoxy) is 1. The lowest BCUT2D eigenvalue weighted by Gasteiger charge is -2.27. The topological polar surface area (TPSA) is 87.7 Å². The molecule has 5 aromatic carbocycles. The third-order valence-corrected chi connectivity index (χ3v) is 8.54. The van der Waals surface area contributed by atoms with Crippen molar-refractivity contribution in [1.82, 2.24) is 5.32 Å². The lowest BCUT2D eigenvalue weighted by Crippen LogP contribution is -2.34. The molecule has 0 aliphatic heterocycles. The summed E-state index contributed by atoms with van der Waals surface area (Å²) in [6, 6.07) is 42.4. The van der Waals surface area contributed by atoms with Crippen LogP contribution in [0.25, 0.3) is 6.08 Å². The average molecular weight is 642 g/mol. The number of thioether (sulfide) groups is 1. The van der Waals surface area contributed by atoms with Gasteiger partial charge in [0, 0.05) is 27.5 Å². The van der Waals surface area contributed by atoms with Gasteiger partial charge in [-0.25, -0.2) is 0 Å². The van der Waals surface area contributed by atoms with Crippen molar-refractivity contribution in [1.29, 1.82) is 0 Å². The van der Waals surface area contributed by atoms with Crippen molar-refractivity contribution in [3.8, 4) is 5.75 Å². The first kappa shape index (κ1) is 32.8. The van der Waals surface area contributed by atoms with Gasteiger partial charge in [0.2, 0.25) is 5.91 Å². The molecular weight excluding hydrogens is 607 g/mol. The van der Waals surface area contributed by atoms with Crippen molar-refractivity contribution < 1.29 is 19.1 Å². The van der Waals surface area contributed by atoms with Crippen LogP contribution in [0.3, 0.4) is 0 Å². The summed E-state index contributed by atoms with van der Waals surface area (Å²) in [5.41, 5.74) is 3.26. The van der Waals surface area contributed by atoms with Crippen molar-refractivity contribution in [3.05, 3.63) is 156 Å². The molecule has 3 amide bonds. The zero-order chi connectivity index (χ0) is 33.0. The maximum Gasteiger partial charge on any atom is 0.272 e. The second kappa shape index (κ2) is 16.1. The molecule has 0 aromatic heterocycles. The third kappa shape index (κ3) is 8.77. The zero-order valence-electron chi connectivity index (χ0n) is 26.1. The largest absolute Gasteiger partial charge is 0.497 e. The number of hydrogen-bond acceptors (Lipinski definition) is 5. The fourth-order valence-corrected chi connectivity index (χ4v) is 5.91. The maximum absolute atomic E-state index is 14.0. The summed E-state index contributed by atoms with van der Waals surface area (Å²) in [4.78, 5) is 43.3. The molecule has 0 bridgehead atoms. The molecule has 5 rings (SSSR count). The summed E-state index contributed by atoms with van der Waals surface area (Å²) in [6.07, 6.45) is 2.19. The molecular formula is C39H35N3O4S. The van der Waals surface area contributed by atoms with E-state index >= 15 is 0 Å². The van der Waals surface area contributed by atoms with Gasteiger partial charge < -0.3 is 15.4 Å². The van der Waals surface area contributed by atoms with Crippen LogP contribution in [0.4, 0.5) is 17.1 Å². The van der Waals surface area contributed by atoms with E-state index < -0.39 is 17.1 Å². The molecule has 0 aliphatic carbocycles. The van der Waals surface area contributed by atoms with E-state index in [-0.39, 0.29) is 11.6 Å². The Kier molecular flexibility index (Phi) is 11.2. The van der Waals surface area contributed by atoms with E-state index in [0.717, 1.165) is 16.3 Å². The molecule has 1 atom stereocenters. The number of amides is 3. The Bertz CT molecular complexity index is 1810. The molecule has 47 heavy (non-hydrogen) atoms. The normalized spacial score (nSPS) is 11.7. The van der Waals surface area contributed by atoms with Crippen LogP contribution in [0, 0.1) is 0 Å². The van der Waals surface area contributed by atoms with Crippen molar-refractivity contribution in [3.63, 3.8) is 0 Å². The summed E-state index contributed by atoms with van der Waals surface area (Å²) < 4.78 is 5.33. The maximum atomic E-state index is 14.0. The van der Waals surface area contributed by atoms with Gasteiger partial charge in [0.05, 0.1) is 12.4 Å². The number of rotatable bonds is 12. The molecule has 7 nitrogen and oxygen atoms in total. The minimum absolute atomic E-state index is 0.0449. The quantitative estimate of drug-likeness (QED) is 0.106. The molecule has 0 heterocycles. The second-order valence-corrected chi connectivity index (χ2v) is 11.8. The number of nitrogens with one attached hydrogen (secondary N) is 2. The Labute approximate surface area is 279 Å². The minimum Gasteiger partial charge on any atom is -0.497 e. The molecule has 1 unspecified atom stereocenters. The highest BCUT2D eigenvalue weighted by Gasteiger charge is 2.27. The van der Waals surface area contributed by atoms with E-state index in [0.29, 0.717) is 29.0 Å². The third-order valence-electron chi connectivity index (χ3n) is 7.20. The summed E-state index contributed by atoms with van der Waals surface area (Å²) in [7, 11) is 1.57. The first-order valence-electron chi connectivity index (χ1n) is 15.2. The van der Waals surface area contributed by atoms with Gasteiger partial charge in [-0.05, 0) is 84.8 Å². The number of para-hydroxylation sites is 2. The summed E-state index contributed by atoms with van der Waals surface area (Å²) in [5.74, 6) is -0.334. The highest BCUT2D eigenvalue weighted by atomic mass is 32.2. The van der Waals surface area contributed by atoms with Crippen LogP contribution in [0.15, 0.2) is 150 Å². The Morgan fingerprint density at radius 1 is 0.766 bits per heavy atom. The van der Waals surface area contributed by atoms with E-state index in [1.54, 1.807) is 60.6 Å².